The van der Waals surface area contributed by atoms with Gasteiger partial charge in [-0.3, -0.25) is 10.8 Å². The van der Waals surface area contributed by atoms with E-state index < -0.39 is 0 Å². The highest BCUT2D eigenvalue weighted by Crippen LogP contribution is 2.10. The van der Waals surface area contributed by atoms with Crippen LogP contribution in [0, 0.1) is 0 Å². The Bertz CT molecular complexity index is 70.8. The Kier molecular flexibility index (Phi) is 2.50. The van der Waals surface area contributed by atoms with Crippen LogP contribution in [0.1, 0.15) is 27.2 Å². The fourth-order valence-electron chi connectivity index (χ4n) is 0.249. The van der Waals surface area contributed by atoms with E-state index >= 15 is 0 Å². The molecule has 0 spiro atoms. The molecule has 0 radical (unpaired) electrons. The molecular formula is C5H15BN2. The summed E-state index contributed by atoms with van der Waals surface area (Å²) >= 11 is 0. The number of hydrogen-bond acceptors (Lipinski definition) is 2. The van der Waals surface area contributed by atoms with Crippen LogP contribution in [0.3, 0.4) is 0 Å². The lowest BCUT2D eigenvalue weighted by molar-refractivity contribution is 0.233. The lowest BCUT2D eigenvalue weighted by Crippen LogP contribution is -2.46. The number of nitrogens with zero attached hydrogens (tertiary/aromatic N) is 1. The second kappa shape index (κ2) is 2.51. The highest BCUT2D eigenvalue weighted by Gasteiger charge is 2.16. The fraction of sp³-hybridized carbons (Fsp3) is 1.00. The second-order valence-corrected chi connectivity index (χ2v) is 2.78. The molecule has 0 saturated heterocycles. The molecule has 0 aromatic rings. The van der Waals surface area contributed by atoms with Crippen LogP contribution < -0.4 is 5.84 Å². The van der Waals surface area contributed by atoms with Crippen LogP contribution in [0.5, 0.6) is 0 Å². The van der Waals surface area contributed by atoms with Gasteiger partial charge in [-0.15, -0.1) is 0 Å². The first kappa shape index (κ1) is 7.98. The van der Waals surface area contributed by atoms with E-state index in [0.717, 1.165) is 6.42 Å². The van der Waals surface area contributed by atoms with Gasteiger partial charge in [0.1, 0.15) is 0 Å². The second-order valence-electron chi connectivity index (χ2n) is 2.78. The summed E-state index contributed by atoms with van der Waals surface area (Å²) in [5.41, 5.74) is 0.153. The van der Waals surface area contributed by atoms with Crippen LogP contribution in [0.25, 0.3) is 0 Å². The number of hydrogen-bond donors (Lipinski definition) is 1. The first-order valence-electron chi connectivity index (χ1n) is 2.99. The van der Waals surface area contributed by atoms with Crippen LogP contribution in [0.15, 0.2) is 0 Å². The van der Waals surface area contributed by atoms with Crippen molar-refractivity contribution in [3.05, 3.63) is 0 Å². The minimum absolute atomic E-state index is 0.153. The van der Waals surface area contributed by atoms with E-state index in [0.29, 0.717) is 0 Å². The summed E-state index contributed by atoms with van der Waals surface area (Å²) < 4.78 is 0. The van der Waals surface area contributed by atoms with Crippen LogP contribution >= 0.6 is 0 Å². The summed E-state index contributed by atoms with van der Waals surface area (Å²) in [6, 6.07) is 0. The third-order valence-corrected chi connectivity index (χ3v) is 1.82. The lowest BCUT2D eigenvalue weighted by Gasteiger charge is -2.31. The molecule has 0 aromatic carbocycles. The predicted molar refractivity (Wildman–Crippen MR) is 38.9 cm³/mol. The van der Waals surface area contributed by atoms with E-state index in [1.807, 2.05) is 7.98 Å². The summed E-state index contributed by atoms with van der Waals surface area (Å²) in [6.07, 6.45) is 1.08. The van der Waals surface area contributed by atoms with Crippen molar-refractivity contribution in [1.82, 2.24) is 4.92 Å². The van der Waals surface area contributed by atoms with E-state index in [4.69, 9.17) is 5.84 Å². The minimum atomic E-state index is 0.153. The maximum Gasteiger partial charge on any atom is 0.206 e. The fourth-order valence-corrected chi connectivity index (χ4v) is 0.249. The molecular weight excluding hydrogens is 98.9 g/mol. The van der Waals surface area contributed by atoms with E-state index in [1.165, 1.54) is 0 Å². The highest BCUT2D eigenvalue weighted by atomic mass is 15.4. The van der Waals surface area contributed by atoms with Crippen LogP contribution in [0.2, 0.25) is 0 Å². The number of hydrazine groups is 1. The van der Waals surface area contributed by atoms with Gasteiger partial charge in [0.05, 0.1) is 0 Å². The third kappa shape index (κ3) is 1.84. The molecule has 0 heterocycles. The van der Waals surface area contributed by atoms with Gasteiger partial charge in [-0.1, -0.05) is 6.92 Å². The van der Waals surface area contributed by atoms with Gasteiger partial charge in [0.25, 0.3) is 0 Å². The van der Waals surface area contributed by atoms with Gasteiger partial charge in [0.2, 0.25) is 7.98 Å². The molecule has 0 aromatic heterocycles. The molecule has 3 heteroatoms. The van der Waals surface area contributed by atoms with Crippen molar-refractivity contribution in [2.24, 2.45) is 5.84 Å². The summed E-state index contributed by atoms with van der Waals surface area (Å²) in [7, 11) is 1.89. The van der Waals surface area contributed by atoms with Crippen molar-refractivity contribution < 1.29 is 0 Å². The normalized spacial score (nSPS) is 12.6. The van der Waals surface area contributed by atoms with Gasteiger partial charge in [-0.05, 0) is 20.3 Å². The molecule has 0 amide bonds. The summed E-state index contributed by atoms with van der Waals surface area (Å²) in [5.74, 6) is 5.51. The molecule has 2 nitrogen and oxygen atoms in total. The molecule has 0 bridgehead atoms. The Morgan fingerprint density at radius 3 is 2.00 bits per heavy atom. The summed E-state index contributed by atoms with van der Waals surface area (Å²) in [6.45, 7) is 6.36. The Labute approximate surface area is 52.4 Å². The molecule has 0 atom stereocenters. The van der Waals surface area contributed by atoms with Crippen molar-refractivity contribution in [2.75, 3.05) is 0 Å². The maximum absolute atomic E-state index is 5.51. The van der Waals surface area contributed by atoms with Gasteiger partial charge in [0.15, 0.2) is 0 Å². The van der Waals surface area contributed by atoms with Crippen LogP contribution in [0.4, 0.5) is 0 Å². The molecule has 0 aliphatic carbocycles. The summed E-state index contributed by atoms with van der Waals surface area (Å²) in [5, 5.41) is 0. The number of nitrogens with two attached hydrogens (primary N) is 1. The SMILES string of the molecule is BN(N)C(C)(C)CC. The van der Waals surface area contributed by atoms with E-state index in [-0.39, 0.29) is 5.54 Å². The van der Waals surface area contributed by atoms with Gasteiger partial charge >= 0.3 is 0 Å². The zero-order valence-corrected chi connectivity index (χ0v) is 6.23. The Morgan fingerprint density at radius 1 is 1.62 bits per heavy atom. The lowest BCUT2D eigenvalue weighted by atomic mass is 9.98. The van der Waals surface area contributed by atoms with Crippen molar-refractivity contribution in [3.8, 4) is 0 Å². The molecule has 0 saturated carbocycles. The molecule has 0 aliphatic rings. The number of rotatable bonds is 2. The molecule has 0 fully saturated rings. The van der Waals surface area contributed by atoms with E-state index in [9.17, 15) is 0 Å². The zero-order chi connectivity index (χ0) is 6.78. The molecule has 48 valence electrons. The smallest absolute Gasteiger partial charge is 0.206 e. The van der Waals surface area contributed by atoms with Gasteiger partial charge < -0.3 is 0 Å². The first-order chi connectivity index (χ1) is 3.50. The quantitative estimate of drug-likeness (QED) is 0.308. The molecule has 8 heavy (non-hydrogen) atoms. The van der Waals surface area contributed by atoms with Crippen LogP contribution in [-0.2, 0) is 0 Å². The van der Waals surface area contributed by atoms with Crippen molar-refractivity contribution in [1.29, 1.82) is 0 Å². The van der Waals surface area contributed by atoms with Crippen molar-refractivity contribution in [3.63, 3.8) is 0 Å². The molecule has 0 aliphatic heterocycles. The van der Waals surface area contributed by atoms with Crippen LogP contribution in [-0.4, -0.2) is 18.4 Å². The molecule has 2 N–H and O–H groups in total. The minimum Gasteiger partial charge on any atom is -0.290 e. The Hall–Kier alpha value is -0.0151. The topological polar surface area (TPSA) is 29.3 Å². The van der Waals surface area contributed by atoms with Crippen molar-refractivity contribution >= 4 is 7.98 Å². The average molecular weight is 114 g/mol. The Balaban J connectivity index is 3.71. The molecule has 0 unspecified atom stereocenters. The largest absolute Gasteiger partial charge is 0.290 e. The predicted octanol–water partition coefficient (Wildman–Crippen LogP) is -0.101. The van der Waals surface area contributed by atoms with E-state index in [2.05, 4.69) is 20.8 Å². The van der Waals surface area contributed by atoms with Gasteiger partial charge in [0, 0.05) is 5.54 Å². The van der Waals surface area contributed by atoms with E-state index in [1.54, 1.807) is 4.92 Å². The average Bonchev–Trinajstić information content (AvgIpc) is 1.67. The standard InChI is InChI=1S/C5H15BN2/c1-4-5(2,3)8(6)7/h4,6-7H2,1-3H3. The maximum atomic E-state index is 5.51. The summed E-state index contributed by atoms with van der Waals surface area (Å²) in [4.78, 5) is 1.74. The zero-order valence-electron chi connectivity index (χ0n) is 6.23. The monoisotopic (exact) mass is 114 g/mol. The Morgan fingerprint density at radius 2 is 2.00 bits per heavy atom. The first-order valence-corrected chi connectivity index (χ1v) is 2.99. The highest BCUT2D eigenvalue weighted by molar-refractivity contribution is 6.04. The molecule has 0 rings (SSSR count). The van der Waals surface area contributed by atoms with Gasteiger partial charge in [-0.2, -0.15) is 0 Å². The van der Waals surface area contributed by atoms with Crippen molar-refractivity contribution in [2.45, 2.75) is 32.7 Å². The third-order valence-electron chi connectivity index (χ3n) is 1.82. The van der Waals surface area contributed by atoms with Gasteiger partial charge in [-0.25, -0.2) is 0 Å².